The second kappa shape index (κ2) is 7.66. The van der Waals surface area contributed by atoms with Crippen LogP contribution in [0.25, 0.3) is 6.08 Å². The Kier molecular flexibility index (Phi) is 6.14. The normalized spacial score (nSPS) is 12.8. The summed E-state index contributed by atoms with van der Waals surface area (Å²) in [6, 6.07) is 0. The number of aliphatic hydroxyl groups is 1. The van der Waals surface area contributed by atoms with E-state index in [1.54, 1.807) is 17.0 Å². The number of carbonyl (C=O) groups is 1. The Morgan fingerprint density at radius 1 is 1.67 bits per heavy atom. The van der Waals surface area contributed by atoms with Gasteiger partial charge >= 0.3 is 0 Å². The average molecular weight is 251 g/mol. The molecule has 1 unspecified atom stereocenters. The third-order valence-corrected chi connectivity index (χ3v) is 2.64. The van der Waals surface area contributed by atoms with E-state index in [0.717, 1.165) is 18.4 Å². The van der Waals surface area contributed by atoms with Gasteiger partial charge in [-0.05, 0) is 24.8 Å². The smallest absolute Gasteiger partial charge is 0.244 e. The molecule has 1 heterocycles. The minimum absolute atomic E-state index is 0.101. The number of hydrogen-bond donors (Lipinski definition) is 2. The molecule has 1 amide bonds. The quantitative estimate of drug-likeness (QED) is 0.560. The molecule has 0 aliphatic carbocycles. The molecule has 0 aliphatic rings. The van der Waals surface area contributed by atoms with Crippen LogP contribution in [0.2, 0.25) is 0 Å². The highest BCUT2D eigenvalue weighted by molar-refractivity contribution is 5.91. The molecule has 100 valence electrons. The summed E-state index contributed by atoms with van der Waals surface area (Å²) in [6.07, 6.45) is 8.59. The summed E-state index contributed by atoms with van der Waals surface area (Å²) in [5, 5.41) is 15.7. The number of nitrogens with one attached hydrogen (secondary N) is 1. The number of nitrogens with zero attached hydrogens (tertiary/aromatic N) is 2. The van der Waals surface area contributed by atoms with E-state index in [2.05, 4.69) is 10.4 Å². The van der Waals surface area contributed by atoms with E-state index >= 15 is 0 Å². The predicted molar refractivity (Wildman–Crippen MR) is 70.7 cm³/mol. The summed E-state index contributed by atoms with van der Waals surface area (Å²) in [5.41, 5.74) is 0.904. The maximum Gasteiger partial charge on any atom is 0.244 e. The lowest BCUT2D eigenvalue weighted by molar-refractivity contribution is -0.116. The Hall–Kier alpha value is -1.62. The summed E-state index contributed by atoms with van der Waals surface area (Å²) in [5.74, 6) is 0.198. The zero-order chi connectivity index (χ0) is 13.4. The fraction of sp³-hybridized carbons (Fsp3) is 0.538. The fourth-order valence-electron chi connectivity index (χ4n) is 1.51. The number of hydrogen-bond acceptors (Lipinski definition) is 3. The van der Waals surface area contributed by atoms with Crippen LogP contribution in [0, 0.1) is 5.92 Å². The van der Waals surface area contributed by atoms with Crippen LogP contribution in [0.15, 0.2) is 18.5 Å². The van der Waals surface area contributed by atoms with Crippen LogP contribution >= 0.6 is 0 Å². The van der Waals surface area contributed by atoms with Gasteiger partial charge in [0, 0.05) is 38.0 Å². The first-order valence-electron chi connectivity index (χ1n) is 6.17. The highest BCUT2D eigenvalue weighted by atomic mass is 16.3. The molecule has 0 bridgehead atoms. The van der Waals surface area contributed by atoms with Crippen LogP contribution in [-0.4, -0.2) is 33.9 Å². The molecule has 1 atom stereocenters. The monoisotopic (exact) mass is 251 g/mol. The van der Waals surface area contributed by atoms with E-state index in [1.807, 2.05) is 20.2 Å². The van der Waals surface area contributed by atoms with Crippen molar-refractivity contribution in [1.29, 1.82) is 0 Å². The van der Waals surface area contributed by atoms with E-state index in [0.29, 0.717) is 12.5 Å². The third kappa shape index (κ3) is 5.63. The van der Waals surface area contributed by atoms with Crippen molar-refractivity contribution in [2.45, 2.75) is 19.8 Å². The van der Waals surface area contributed by atoms with Gasteiger partial charge in [-0.25, -0.2) is 0 Å². The standard InChI is InChI=1S/C13H21N3O2/c1-11(10-17)4-3-7-14-13(18)6-5-12-8-15-16(2)9-12/h5-6,8-9,11,17H,3-4,7,10H2,1-2H3,(H,14,18)/b6-5+. The molecule has 5 nitrogen and oxygen atoms in total. The lowest BCUT2D eigenvalue weighted by Gasteiger charge is -2.07. The summed E-state index contributed by atoms with van der Waals surface area (Å²) in [6.45, 7) is 2.83. The van der Waals surface area contributed by atoms with Crippen LogP contribution in [0.3, 0.4) is 0 Å². The van der Waals surface area contributed by atoms with Crippen LogP contribution in [-0.2, 0) is 11.8 Å². The van der Waals surface area contributed by atoms with Crippen molar-refractivity contribution in [3.63, 3.8) is 0 Å². The molecule has 18 heavy (non-hydrogen) atoms. The number of aryl methyl sites for hydroxylation is 1. The molecule has 0 saturated heterocycles. The fourth-order valence-corrected chi connectivity index (χ4v) is 1.51. The van der Waals surface area contributed by atoms with E-state index < -0.39 is 0 Å². The van der Waals surface area contributed by atoms with Gasteiger partial charge in [0.25, 0.3) is 0 Å². The van der Waals surface area contributed by atoms with Crippen LogP contribution in [0.5, 0.6) is 0 Å². The van der Waals surface area contributed by atoms with Gasteiger partial charge in [-0.2, -0.15) is 5.10 Å². The molecule has 0 aromatic carbocycles. The lowest BCUT2D eigenvalue weighted by atomic mass is 10.1. The van der Waals surface area contributed by atoms with Crippen molar-refractivity contribution in [3.05, 3.63) is 24.0 Å². The van der Waals surface area contributed by atoms with Crippen LogP contribution < -0.4 is 5.32 Å². The maximum atomic E-state index is 11.5. The maximum absolute atomic E-state index is 11.5. The SMILES string of the molecule is CC(CO)CCCNC(=O)/C=C/c1cnn(C)c1. The molecule has 0 fully saturated rings. The molecule has 2 N–H and O–H groups in total. The molecule has 0 aliphatic heterocycles. The first-order chi connectivity index (χ1) is 8.61. The largest absolute Gasteiger partial charge is 0.396 e. The zero-order valence-corrected chi connectivity index (χ0v) is 11.0. The topological polar surface area (TPSA) is 67.2 Å². The number of rotatable bonds is 7. The molecule has 5 heteroatoms. The molecular formula is C13H21N3O2. The van der Waals surface area contributed by atoms with Gasteiger partial charge in [-0.1, -0.05) is 6.92 Å². The van der Waals surface area contributed by atoms with Crippen molar-refractivity contribution in [2.75, 3.05) is 13.2 Å². The summed E-state index contributed by atoms with van der Waals surface area (Å²) < 4.78 is 1.69. The Labute approximate surface area is 108 Å². The van der Waals surface area contributed by atoms with Gasteiger partial charge in [0.2, 0.25) is 5.91 Å². The molecule has 1 aromatic heterocycles. The van der Waals surface area contributed by atoms with Gasteiger partial charge in [-0.15, -0.1) is 0 Å². The summed E-state index contributed by atoms with van der Waals surface area (Å²) in [4.78, 5) is 11.5. The summed E-state index contributed by atoms with van der Waals surface area (Å²) in [7, 11) is 1.83. The van der Waals surface area contributed by atoms with E-state index in [9.17, 15) is 4.79 Å². The van der Waals surface area contributed by atoms with Crippen molar-refractivity contribution in [2.24, 2.45) is 13.0 Å². The second-order valence-corrected chi connectivity index (χ2v) is 4.50. The number of carbonyl (C=O) groups excluding carboxylic acids is 1. The minimum atomic E-state index is -0.101. The highest BCUT2D eigenvalue weighted by Crippen LogP contribution is 2.02. The molecule has 0 radical (unpaired) electrons. The third-order valence-electron chi connectivity index (χ3n) is 2.64. The van der Waals surface area contributed by atoms with Gasteiger partial charge in [0.05, 0.1) is 6.20 Å². The number of amides is 1. The summed E-state index contributed by atoms with van der Waals surface area (Å²) >= 11 is 0. The average Bonchev–Trinajstić information content (AvgIpc) is 2.77. The minimum Gasteiger partial charge on any atom is -0.396 e. The van der Waals surface area contributed by atoms with Gasteiger partial charge in [-0.3, -0.25) is 9.48 Å². The highest BCUT2D eigenvalue weighted by Gasteiger charge is 2.00. The molecule has 0 spiro atoms. The Bertz CT molecular complexity index is 399. The first kappa shape index (κ1) is 14.4. The van der Waals surface area contributed by atoms with Crippen molar-refractivity contribution in [3.8, 4) is 0 Å². The van der Waals surface area contributed by atoms with Crippen molar-refractivity contribution < 1.29 is 9.90 Å². The predicted octanol–water partition coefficient (Wildman–Crippen LogP) is 0.958. The number of aromatic nitrogens is 2. The Morgan fingerprint density at radius 3 is 3.06 bits per heavy atom. The Balaban J connectivity index is 2.19. The second-order valence-electron chi connectivity index (χ2n) is 4.50. The Morgan fingerprint density at radius 2 is 2.44 bits per heavy atom. The van der Waals surface area contributed by atoms with Crippen LogP contribution in [0.1, 0.15) is 25.3 Å². The van der Waals surface area contributed by atoms with Gasteiger partial charge < -0.3 is 10.4 Å². The van der Waals surface area contributed by atoms with E-state index in [1.165, 1.54) is 6.08 Å². The molecule has 1 aromatic rings. The van der Waals surface area contributed by atoms with Gasteiger partial charge in [0.15, 0.2) is 0 Å². The number of aliphatic hydroxyl groups excluding tert-OH is 1. The van der Waals surface area contributed by atoms with E-state index in [4.69, 9.17) is 5.11 Å². The van der Waals surface area contributed by atoms with Gasteiger partial charge in [0.1, 0.15) is 0 Å². The molecule has 0 saturated carbocycles. The molecule has 1 rings (SSSR count). The van der Waals surface area contributed by atoms with E-state index in [-0.39, 0.29) is 12.5 Å². The molecular weight excluding hydrogens is 230 g/mol. The van der Waals surface area contributed by atoms with Crippen LogP contribution in [0.4, 0.5) is 0 Å². The zero-order valence-electron chi connectivity index (χ0n) is 11.0. The first-order valence-corrected chi connectivity index (χ1v) is 6.17. The van der Waals surface area contributed by atoms with Crippen molar-refractivity contribution in [1.82, 2.24) is 15.1 Å². The lowest BCUT2D eigenvalue weighted by Crippen LogP contribution is -2.22. The van der Waals surface area contributed by atoms with Crippen molar-refractivity contribution >= 4 is 12.0 Å².